The van der Waals surface area contributed by atoms with Crippen molar-refractivity contribution in [1.29, 1.82) is 0 Å². The molecule has 0 aliphatic carbocycles. The van der Waals surface area contributed by atoms with Crippen molar-refractivity contribution < 1.29 is 122 Å². The van der Waals surface area contributed by atoms with Crippen molar-refractivity contribution in [3.63, 3.8) is 0 Å². The van der Waals surface area contributed by atoms with Crippen LogP contribution in [0.25, 0.3) is 0 Å². The molecule has 0 saturated heterocycles. The summed E-state index contributed by atoms with van der Waals surface area (Å²) in [5, 5.41) is 8.72. The first-order chi connectivity index (χ1) is 19.9. The van der Waals surface area contributed by atoms with Gasteiger partial charge in [0.2, 0.25) is 0 Å². The molecule has 0 atom stereocenters. The topological polar surface area (TPSA) is 147 Å². The summed E-state index contributed by atoms with van der Waals surface area (Å²) < 4.78 is 56.5. The van der Waals surface area contributed by atoms with E-state index >= 15 is 0 Å². The van der Waals surface area contributed by atoms with Crippen molar-refractivity contribution in [1.82, 2.24) is 0 Å². The molecular weight excluding hydrogens is 673 g/mol. The quantitative estimate of drug-likeness (QED) is 0.315. The molecule has 0 fully saturated rings. The Morgan fingerprint density at radius 2 is 0.857 bits per heavy atom. The van der Waals surface area contributed by atoms with Gasteiger partial charge in [-0.3, -0.25) is 0 Å². The fourth-order valence-corrected chi connectivity index (χ4v) is 3.56. The van der Waals surface area contributed by atoms with Crippen molar-refractivity contribution in [2.75, 3.05) is 106 Å². The van der Waals surface area contributed by atoms with E-state index in [1.807, 2.05) is 0 Å². The molecule has 2 aliphatic heterocycles. The monoisotopic (exact) mass is 711 g/mol. The van der Waals surface area contributed by atoms with Crippen LogP contribution in [-0.2, 0) is 28.4 Å². The molecule has 2 aliphatic rings. The molecule has 2 aromatic carbocycles. The summed E-state index contributed by atoms with van der Waals surface area (Å²) in [6.07, 6.45) is 0. The zero-order valence-electron chi connectivity index (χ0n) is 24.1. The second-order valence-electron chi connectivity index (χ2n) is 8.45. The molecule has 0 radical (unpaired) electrons. The van der Waals surface area contributed by atoms with Crippen LogP contribution in [0.5, 0.6) is 23.0 Å². The maximum Gasteiger partial charge on any atom is 1.00 e. The molecule has 0 amide bonds. The van der Waals surface area contributed by atoms with Gasteiger partial charge in [-0.15, -0.1) is 6.07 Å². The van der Waals surface area contributed by atoms with E-state index in [0.29, 0.717) is 140 Å². The molecular formula is C28H38CsN2O11-. The van der Waals surface area contributed by atoms with Gasteiger partial charge < -0.3 is 52.8 Å². The first kappa shape index (κ1) is 37.2. The van der Waals surface area contributed by atoms with Gasteiger partial charge in [0.05, 0.1) is 97.3 Å². The van der Waals surface area contributed by atoms with Crippen LogP contribution >= 0.6 is 0 Å². The summed E-state index contributed by atoms with van der Waals surface area (Å²) in [6.45, 7) is 7.16. The molecule has 42 heavy (non-hydrogen) atoms. The summed E-state index contributed by atoms with van der Waals surface area (Å²) in [6, 6.07) is 11.9. The van der Waals surface area contributed by atoms with Gasteiger partial charge in [0.25, 0.3) is 0 Å². The van der Waals surface area contributed by atoms with Crippen molar-refractivity contribution in [3.05, 3.63) is 36.4 Å². The van der Waals surface area contributed by atoms with E-state index in [-0.39, 0.29) is 74.4 Å². The van der Waals surface area contributed by atoms with Gasteiger partial charge in [-0.25, -0.2) is 0 Å². The second-order valence-corrected chi connectivity index (χ2v) is 8.45. The Kier molecular flexibility index (Phi) is 20.7. The van der Waals surface area contributed by atoms with Crippen LogP contribution in [0.2, 0.25) is 0 Å². The van der Waals surface area contributed by atoms with Crippen molar-refractivity contribution in [2.24, 2.45) is 10.2 Å². The van der Waals surface area contributed by atoms with Crippen LogP contribution in [0.15, 0.2) is 40.6 Å². The van der Waals surface area contributed by atoms with E-state index in [1.54, 1.807) is 30.3 Å². The standard InChI is InChI=1S/C28H37N2O10.Cs.H2O/c1-3-25-27(39-19-15-35-11-7-31-5-9-33-13-17-37-25)21-23(1)29-30-24-2-4-26-28(22-24)40-20-16-36-12-8-32-6-10-34-14-18-38-26;;/h1,3-4,21-22H,5-20H2;;1H2/q-1;+1;/p-1. The zero-order chi connectivity index (χ0) is 27.5. The summed E-state index contributed by atoms with van der Waals surface area (Å²) >= 11 is 0. The number of hydrogen-bond donors (Lipinski definition) is 0. The second kappa shape index (κ2) is 23.4. The zero-order valence-corrected chi connectivity index (χ0v) is 30.4. The van der Waals surface area contributed by atoms with Crippen LogP contribution in [0.3, 0.4) is 0 Å². The summed E-state index contributed by atoms with van der Waals surface area (Å²) in [4.78, 5) is 0. The van der Waals surface area contributed by atoms with E-state index < -0.39 is 0 Å². The van der Waals surface area contributed by atoms with E-state index in [4.69, 9.17) is 47.4 Å². The van der Waals surface area contributed by atoms with Gasteiger partial charge >= 0.3 is 68.9 Å². The summed E-state index contributed by atoms with van der Waals surface area (Å²) in [7, 11) is 0. The smallest absolute Gasteiger partial charge is 0.870 e. The Hall–Kier alpha value is -0.988. The van der Waals surface area contributed by atoms with Gasteiger partial charge in [0.1, 0.15) is 19.8 Å². The van der Waals surface area contributed by atoms with Gasteiger partial charge in [-0.2, -0.15) is 16.3 Å². The van der Waals surface area contributed by atoms with Crippen LogP contribution in [0.4, 0.5) is 11.4 Å². The average Bonchev–Trinajstić information content (AvgIpc) is 2.99. The molecule has 228 valence electrons. The minimum absolute atomic E-state index is 0. The first-order valence-electron chi connectivity index (χ1n) is 13.5. The number of benzene rings is 2. The minimum atomic E-state index is 0. The van der Waals surface area contributed by atoms with Gasteiger partial charge in [-0.05, 0) is 17.8 Å². The summed E-state index contributed by atoms with van der Waals surface area (Å²) in [5.41, 5.74) is 1.06. The molecule has 1 N–H and O–H groups in total. The fraction of sp³-hybridized carbons (Fsp3) is 0.571. The Morgan fingerprint density at radius 3 is 1.36 bits per heavy atom. The third-order valence-electron chi connectivity index (χ3n) is 5.49. The Balaban J connectivity index is 0.00000308. The van der Waals surface area contributed by atoms with Crippen LogP contribution < -0.4 is 87.8 Å². The van der Waals surface area contributed by atoms with Crippen molar-refractivity contribution in [3.8, 4) is 23.0 Å². The molecule has 2 heterocycles. The Labute approximate surface area is 305 Å². The summed E-state index contributed by atoms with van der Waals surface area (Å²) in [5.74, 6) is 2.19. The number of rotatable bonds is 2. The number of ether oxygens (including phenoxy) is 10. The largest absolute Gasteiger partial charge is 1.00 e. The number of fused-ring (bicyclic) bond motifs is 2. The first-order valence-corrected chi connectivity index (χ1v) is 13.5. The molecule has 0 bridgehead atoms. The Bertz CT molecular complexity index is 952. The molecule has 14 heteroatoms. The van der Waals surface area contributed by atoms with Gasteiger partial charge in [0.15, 0.2) is 11.5 Å². The predicted octanol–water partition coefficient (Wildman–Crippen LogP) is 0.371. The average molecular weight is 712 g/mol. The van der Waals surface area contributed by atoms with Crippen LogP contribution in [-0.4, -0.2) is 111 Å². The minimum Gasteiger partial charge on any atom is -0.870 e. The van der Waals surface area contributed by atoms with E-state index in [1.165, 1.54) is 0 Å². The molecule has 0 spiro atoms. The number of nitrogens with zero attached hydrogens (tertiary/aromatic N) is 2. The SMILES string of the molecule is [Cs+].[OH-].[c-]1cc2c(cc1N=Nc1ccc3c(c1)OCCOCCOCCOCCO3)OCCOCCOCCOCCO2. The third-order valence-corrected chi connectivity index (χ3v) is 5.49. The molecule has 2 aromatic rings. The normalized spacial score (nSPS) is 18.6. The van der Waals surface area contributed by atoms with Crippen molar-refractivity contribution in [2.45, 2.75) is 0 Å². The molecule has 0 aromatic heterocycles. The molecule has 0 saturated carbocycles. The van der Waals surface area contributed by atoms with E-state index in [9.17, 15) is 0 Å². The number of azo groups is 1. The number of hydrogen-bond acceptors (Lipinski definition) is 13. The van der Waals surface area contributed by atoms with E-state index in [0.717, 1.165) is 0 Å². The van der Waals surface area contributed by atoms with Crippen LogP contribution in [0.1, 0.15) is 0 Å². The van der Waals surface area contributed by atoms with Crippen molar-refractivity contribution >= 4 is 11.4 Å². The fourth-order valence-electron chi connectivity index (χ4n) is 3.56. The maximum atomic E-state index is 5.91. The maximum absolute atomic E-state index is 5.91. The van der Waals surface area contributed by atoms with E-state index in [2.05, 4.69) is 16.3 Å². The Morgan fingerprint density at radius 1 is 0.452 bits per heavy atom. The molecule has 4 rings (SSSR count). The molecule has 13 nitrogen and oxygen atoms in total. The van der Waals surface area contributed by atoms with Gasteiger partial charge in [0, 0.05) is 11.8 Å². The van der Waals surface area contributed by atoms with Crippen LogP contribution in [0, 0.1) is 6.07 Å². The third kappa shape index (κ3) is 14.7. The van der Waals surface area contributed by atoms with Gasteiger partial charge in [-0.1, -0.05) is 6.07 Å². The predicted molar refractivity (Wildman–Crippen MR) is 145 cm³/mol. The molecule has 0 unspecified atom stereocenters.